The van der Waals surface area contributed by atoms with E-state index >= 15 is 0 Å². The first-order valence-electron chi connectivity index (χ1n) is 3.09. The van der Waals surface area contributed by atoms with Crippen LogP contribution in [0.15, 0.2) is 30.4 Å². The lowest BCUT2D eigenvalue weighted by Gasteiger charge is -1.85. The Hall–Kier alpha value is -0.780. The highest BCUT2D eigenvalue weighted by Crippen LogP contribution is 1.95. The number of hydrogen-bond donors (Lipinski definition) is 0. The largest absolute Gasteiger partial charge is 0.0988 e. The van der Waals surface area contributed by atoms with E-state index in [4.69, 9.17) is 0 Å². The molecule has 0 heteroatoms. The van der Waals surface area contributed by atoms with Crippen molar-refractivity contribution in [2.75, 3.05) is 0 Å². The summed E-state index contributed by atoms with van der Waals surface area (Å²) < 4.78 is 0. The molecule has 0 N–H and O–H groups in total. The normalized spacial score (nSPS) is 12.4. The molecule has 0 heterocycles. The standard InChI is InChI=1S/C9H13/c1-4-6-7-8-9(3)5-2/h5-6,8H,2,7H2,1,3H3. The van der Waals surface area contributed by atoms with Gasteiger partial charge in [-0.1, -0.05) is 36.5 Å². The molecule has 0 rings (SSSR count). The third-order valence-corrected chi connectivity index (χ3v) is 1.08. The van der Waals surface area contributed by atoms with Crippen LogP contribution in [0, 0.1) is 6.08 Å². The lowest BCUT2D eigenvalue weighted by atomic mass is 10.2. The van der Waals surface area contributed by atoms with Gasteiger partial charge in [0.2, 0.25) is 0 Å². The molecule has 0 fully saturated rings. The van der Waals surface area contributed by atoms with Crippen molar-refractivity contribution >= 4 is 0 Å². The predicted octanol–water partition coefficient (Wildman–Crippen LogP) is 2.89. The minimum absolute atomic E-state index is 0.967. The quantitative estimate of drug-likeness (QED) is 0.504. The van der Waals surface area contributed by atoms with Crippen LogP contribution in [0.5, 0.6) is 0 Å². The van der Waals surface area contributed by atoms with E-state index in [2.05, 4.69) is 18.7 Å². The topological polar surface area (TPSA) is 0 Å². The van der Waals surface area contributed by atoms with Crippen LogP contribution in [0.4, 0.5) is 0 Å². The van der Waals surface area contributed by atoms with Crippen molar-refractivity contribution in [3.63, 3.8) is 0 Å². The lowest BCUT2D eigenvalue weighted by Crippen LogP contribution is -1.64. The van der Waals surface area contributed by atoms with Crippen LogP contribution < -0.4 is 0 Å². The lowest BCUT2D eigenvalue weighted by molar-refractivity contribution is 1.31. The average molecular weight is 121 g/mol. The summed E-state index contributed by atoms with van der Waals surface area (Å²) in [4.78, 5) is 0. The maximum Gasteiger partial charge on any atom is -0.0158 e. The first kappa shape index (κ1) is 8.22. The van der Waals surface area contributed by atoms with Crippen LogP contribution in [0.1, 0.15) is 20.3 Å². The molecule has 0 aliphatic carbocycles. The Bertz CT molecular complexity index is 127. The van der Waals surface area contributed by atoms with Gasteiger partial charge >= 0.3 is 0 Å². The van der Waals surface area contributed by atoms with Gasteiger partial charge in [-0.2, -0.15) is 0 Å². The van der Waals surface area contributed by atoms with E-state index in [0.717, 1.165) is 6.42 Å². The van der Waals surface area contributed by atoms with E-state index in [-0.39, 0.29) is 0 Å². The number of rotatable bonds is 3. The van der Waals surface area contributed by atoms with E-state index in [1.807, 2.05) is 26.0 Å². The van der Waals surface area contributed by atoms with Gasteiger partial charge in [-0.05, 0) is 20.3 Å². The average Bonchev–Trinajstić information content (AvgIpc) is 1.89. The molecule has 0 spiro atoms. The molecular weight excluding hydrogens is 108 g/mol. The molecule has 9 heavy (non-hydrogen) atoms. The Kier molecular flexibility index (Phi) is 4.89. The van der Waals surface area contributed by atoms with E-state index < -0.39 is 0 Å². The van der Waals surface area contributed by atoms with Gasteiger partial charge in [0.05, 0.1) is 0 Å². The summed E-state index contributed by atoms with van der Waals surface area (Å²) in [5, 5.41) is 0. The summed E-state index contributed by atoms with van der Waals surface area (Å²) in [6.45, 7) is 7.57. The van der Waals surface area contributed by atoms with Gasteiger partial charge in [0, 0.05) is 0 Å². The zero-order chi connectivity index (χ0) is 7.11. The van der Waals surface area contributed by atoms with Crippen LogP contribution in [-0.2, 0) is 0 Å². The molecule has 0 saturated carbocycles. The highest BCUT2D eigenvalue weighted by atomic mass is 13.8. The van der Waals surface area contributed by atoms with Crippen LogP contribution in [0.25, 0.3) is 0 Å². The molecule has 0 aromatic carbocycles. The van der Waals surface area contributed by atoms with Crippen LogP contribution >= 0.6 is 0 Å². The molecule has 0 amide bonds. The minimum Gasteiger partial charge on any atom is -0.0988 e. The van der Waals surface area contributed by atoms with Gasteiger partial charge in [0.25, 0.3) is 0 Å². The third kappa shape index (κ3) is 5.09. The van der Waals surface area contributed by atoms with Gasteiger partial charge in [0.15, 0.2) is 0 Å². The van der Waals surface area contributed by atoms with E-state index in [1.165, 1.54) is 5.57 Å². The van der Waals surface area contributed by atoms with Gasteiger partial charge in [-0.3, -0.25) is 0 Å². The predicted molar refractivity (Wildman–Crippen MR) is 42.1 cm³/mol. The maximum absolute atomic E-state index is 3.64. The summed E-state index contributed by atoms with van der Waals surface area (Å²) in [7, 11) is 0. The first-order chi connectivity index (χ1) is 4.31. The molecule has 0 aliphatic heterocycles. The molecule has 0 saturated heterocycles. The van der Waals surface area contributed by atoms with Gasteiger partial charge in [0.1, 0.15) is 0 Å². The van der Waals surface area contributed by atoms with Crippen molar-refractivity contribution in [3.05, 3.63) is 36.5 Å². The summed E-state index contributed by atoms with van der Waals surface area (Å²) in [5.41, 5.74) is 1.22. The Morgan fingerprint density at radius 3 is 2.78 bits per heavy atom. The molecule has 49 valence electrons. The molecule has 0 aromatic heterocycles. The smallest absolute Gasteiger partial charge is 0.0158 e. The SMILES string of the molecule is C=CC(C)=CC/C=[C]/C. The Morgan fingerprint density at radius 1 is 1.67 bits per heavy atom. The Morgan fingerprint density at radius 2 is 2.33 bits per heavy atom. The zero-order valence-corrected chi connectivity index (χ0v) is 6.15. The van der Waals surface area contributed by atoms with E-state index in [0.29, 0.717) is 0 Å². The van der Waals surface area contributed by atoms with Crippen LogP contribution in [-0.4, -0.2) is 0 Å². The monoisotopic (exact) mass is 121 g/mol. The van der Waals surface area contributed by atoms with Crippen molar-refractivity contribution in [1.82, 2.24) is 0 Å². The summed E-state index contributed by atoms with van der Waals surface area (Å²) >= 11 is 0. The zero-order valence-electron chi connectivity index (χ0n) is 6.15. The fourth-order valence-corrected chi connectivity index (χ4v) is 0.446. The third-order valence-electron chi connectivity index (χ3n) is 1.08. The van der Waals surface area contributed by atoms with Crippen LogP contribution in [0.3, 0.4) is 0 Å². The van der Waals surface area contributed by atoms with E-state index in [9.17, 15) is 0 Å². The van der Waals surface area contributed by atoms with Gasteiger partial charge in [-0.25, -0.2) is 0 Å². The molecule has 0 bridgehead atoms. The fraction of sp³-hybridized carbons (Fsp3) is 0.333. The Labute approximate surface area is 57.6 Å². The summed E-state index contributed by atoms with van der Waals surface area (Å²) in [5.74, 6) is 0. The van der Waals surface area contributed by atoms with Gasteiger partial charge in [-0.15, -0.1) is 0 Å². The second kappa shape index (κ2) is 5.36. The molecule has 0 aromatic rings. The molecule has 0 nitrogen and oxygen atoms in total. The fourth-order valence-electron chi connectivity index (χ4n) is 0.446. The first-order valence-corrected chi connectivity index (χ1v) is 3.09. The number of allylic oxidation sites excluding steroid dienone is 5. The van der Waals surface area contributed by atoms with Crippen molar-refractivity contribution in [3.8, 4) is 0 Å². The molecule has 1 radical (unpaired) electrons. The maximum atomic E-state index is 3.64. The van der Waals surface area contributed by atoms with Crippen LogP contribution in [0.2, 0.25) is 0 Å². The summed E-state index contributed by atoms with van der Waals surface area (Å²) in [6, 6.07) is 0. The van der Waals surface area contributed by atoms with Crippen molar-refractivity contribution in [2.45, 2.75) is 20.3 Å². The number of hydrogen-bond acceptors (Lipinski definition) is 0. The molecule has 0 aliphatic rings. The van der Waals surface area contributed by atoms with Gasteiger partial charge < -0.3 is 0 Å². The summed E-state index contributed by atoms with van der Waals surface area (Å²) in [6.07, 6.45) is 9.87. The molecular formula is C9H13. The molecule has 0 unspecified atom stereocenters. The van der Waals surface area contributed by atoms with Crippen molar-refractivity contribution in [1.29, 1.82) is 0 Å². The highest BCUT2D eigenvalue weighted by Gasteiger charge is 1.74. The highest BCUT2D eigenvalue weighted by molar-refractivity contribution is 5.13. The second-order valence-corrected chi connectivity index (χ2v) is 1.88. The van der Waals surface area contributed by atoms with E-state index in [1.54, 1.807) is 0 Å². The molecule has 0 atom stereocenters. The van der Waals surface area contributed by atoms with Crippen molar-refractivity contribution in [2.24, 2.45) is 0 Å². The Balaban J connectivity index is 3.56. The second-order valence-electron chi connectivity index (χ2n) is 1.88. The minimum atomic E-state index is 0.967. The van der Waals surface area contributed by atoms with Crippen molar-refractivity contribution < 1.29 is 0 Å².